The fourth-order valence-corrected chi connectivity index (χ4v) is 1.66. The van der Waals surface area contributed by atoms with Crippen molar-refractivity contribution < 1.29 is 9.90 Å². The highest BCUT2D eigenvalue weighted by Crippen LogP contribution is 2.19. The van der Waals surface area contributed by atoms with Gasteiger partial charge >= 0.3 is 5.97 Å². The Morgan fingerprint density at radius 1 is 1.58 bits per heavy atom. The van der Waals surface area contributed by atoms with Crippen molar-refractivity contribution in [3.05, 3.63) is 24.0 Å². The summed E-state index contributed by atoms with van der Waals surface area (Å²) in [4.78, 5) is 14.6. The first-order chi connectivity index (χ1) is 5.79. The normalized spacial score (nSPS) is 10.3. The molecule has 2 aromatic rings. The molecule has 0 fully saturated rings. The largest absolute Gasteiger partial charge is 0.478 e. The molecule has 0 radical (unpaired) electrons. The molecule has 0 aliphatic carbocycles. The van der Waals surface area contributed by atoms with E-state index in [9.17, 15) is 4.79 Å². The molecule has 0 atom stereocenters. The maximum absolute atomic E-state index is 10.7. The minimum Gasteiger partial charge on any atom is -0.478 e. The lowest BCUT2D eigenvalue weighted by Crippen LogP contribution is -1.95. The minimum atomic E-state index is -0.938. The lowest BCUT2D eigenvalue weighted by atomic mass is 10.2. The summed E-state index contributed by atoms with van der Waals surface area (Å²) >= 11 is 1.15. The highest BCUT2D eigenvalue weighted by molar-refractivity contribution is 7.13. The minimum absolute atomic E-state index is 0.266. The molecule has 0 saturated carbocycles. The van der Waals surface area contributed by atoms with Gasteiger partial charge in [-0.3, -0.25) is 4.98 Å². The van der Waals surface area contributed by atoms with Crippen LogP contribution >= 0.6 is 11.5 Å². The van der Waals surface area contributed by atoms with Gasteiger partial charge < -0.3 is 5.11 Å². The van der Waals surface area contributed by atoms with Crippen LogP contribution < -0.4 is 0 Å². The van der Waals surface area contributed by atoms with Crippen LogP contribution in [0.1, 0.15) is 10.4 Å². The van der Waals surface area contributed by atoms with Gasteiger partial charge in [-0.1, -0.05) is 0 Å². The molecule has 0 saturated heterocycles. The van der Waals surface area contributed by atoms with Crippen molar-refractivity contribution in [1.29, 1.82) is 0 Å². The second kappa shape index (κ2) is 2.53. The highest BCUT2D eigenvalue weighted by atomic mass is 32.1. The third-order valence-electron chi connectivity index (χ3n) is 1.48. The Kier molecular flexibility index (Phi) is 1.51. The molecule has 0 amide bonds. The Morgan fingerprint density at radius 2 is 2.42 bits per heavy atom. The van der Waals surface area contributed by atoms with Crippen LogP contribution in [0, 0.1) is 0 Å². The van der Waals surface area contributed by atoms with Crippen LogP contribution in [0.25, 0.3) is 10.2 Å². The Morgan fingerprint density at radius 3 is 3.17 bits per heavy atom. The number of rotatable bonds is 1. The van der Waals surface area contributed by atoms with E-state index in [1.807, 2.05) is 0 Å². The Labute approximate surface area is 71.7 Å². The molecule has 0 bridgehead atoms. The van der Waals surface area contributed by atoms with Crippen molar-refractivity contribution in [2.24, 2.45) is 0 Å². The fraction of sp³-hybridized carbons (Fsp3) is 0. The molecule has 0 spiro atoms. The summed E-state index contributed by atoms with van der Waals surface area (Å²) in [6, 6.07) is 1.48. The maximum Gasteiger partial charge on any atom is 0.337 e. The zero-order valence-corrected chi connectivity index (χ0v) is 6.71. The first-order valence-corrected chi connectivity index (χ1v) is 3.99. The summed E-state index contributed by atoms with van der Waals surface area (Å²) in [7, 11) is 0. The molecule has 0 aliphatic rings. The van der Waals surface area contributed by atoms with Gasteiger partial charge in [0.05, 0.1) is 16.5 Å². The molecule has 12 heavy (non-hydrogen) atoms. The molecule has 4 nitrogen and oxygen atoms in total. The topological polar surface area (TPSA) is 63.1 Å². The van der Waals surface area contributed by atoms with Crippen LogP contribution in [-0.2, 0) is 0 Å². The number of carboxylic acids is 1. The highest BCUT2D eigenvalue weighted by Gasteiger charge is 2.09. The predicted molar refractivity (Wildman–Crippen MR) is 44.4 cm³/mol. The number of carbonyl (C=O) groups is 1. The second-order valence-corrected chi connectivity index (χ2v) is 3.01. The lowest BCUT2D eigenvalue weighted by Gasteiger charge is -1.92. The zero-order valence-electron chi connectivity index (χ0n) is 5.89. The van der Waals surface area contributed by atoms with Crippen molar-refractivity contribution in [3.63, 3.8) is 0 Å². The van der Waals surface area contributed by atoms with Crippen LogP contribution in [0.2, 0.25) is 0 Å². The fourth-order valence-electron chi connectivity index (χ4n) is 0.950. The van der Waals surface area contributed by atoms with Crippen molar-refractivity contribution in [3.8, 4) is 0 Å². The smallest absolute Gasteiger partial charge is 0.337 e. The second-order valence-electron chi connectivity index (χ2n) is 2.20. The van der Waals surface area contributed by atoms with E-state index >= 15 is 0 Å². The van der Waals surface area contributed by atoms with Crippen molar-refractivity contribution in [1.82, 2.24) is 9.36 Å². The molecule has 0 aromatic carbocycles. The number of fused-ring (bicyclic) bond motifs is 1. The molecular formula is C7H4N2O2S. The van der Waals surface area contributed by atoms with Crippen LogP contribution in [0.5, 0.6) is 0 Å². The molecule has 60 valence electrons. The third kappa shape index (κ3) is 0.947. The van der Waals surface area contributed by atoms with E-state index in [4.69, 9.17) is 5.11 Å². The molecule has 0 unspecified atom stereocenters. The van der Waals surface area contributed by atoms with Gasteiger partial charge in [0.2, 0.25) is 0 Å². The van der Waals surface area contributed by atoms with Gasteiger partial charge in [-0.05, 0) is 17.6 Å². The van der Waals surface area contributed by atoms with Crippen molar-refractivity contribution >= 4 is 27.7 Å². The average molecular weight is 180 g/mol. The van der Waals surface area contributed by atoms with Gasteiger partial charge in [-0.15, -0.1) is 0 Å². The van der Waals surface area contributed by atoms with Crippen LogP contribution in [0.15, 0.2) is 18.5 Å². The zero-order chi connectivity index (χ0) is 8.55. The van der Waals surface area contributed by atoms with E-state index in [1.54, 1.807) is 6.20 Å². The first kappa shape index (κ1) is 7.17. The van der Waals surface area contributed by atoms with E-state index in [0.717, 1.165) is 11.5 Å². The van der Waals surface area contributed by atoms with Crippen LogP contribution in [-0.4, -0.2) is 20.4 Å². The van der Waals surface area contributed by atoms with Gasteiger partial charge in [-0.25, -0.2) is 4.79 Å². The van der Waals surface area contributed by atoms with Gasteiger partial charge in [0.15, 0.2) is 0 Å². The van der Waals surface area contributed by atoms with Crippen LogP contribution in [0.4, 0.5) is 0 Å². The molecule has 5 heteroatoms. The van der Waals surface area contributed by atoms with Gasteiger partial charge in [0, 0.05) is 6.20 Å². The Hall–Kier alpha value is -1.49. The molecular weight excluding hydrogens is 176 g/mol. The monoisotopic (exact) mass is 180 g/mol. The molecule has 2 heterocycles. The SMILES string of the molecule is O=C(O)c1ccnc2cnsc12. The Bertz CT molecular complexity index is 438. The third-order valence-corrected chi connectivity index (χ3v) is 2.30. The maximum atomic E-state index is 10.7. The van der Waals surface area contributed by atoms with Gasteiger partial charge in [0.1, 0.15) is 5.52 Å². The van der Waals surface area contributed by atoms with Crippen molar-refractivity contribution in [2.45, 2.75) is 0 Å². The molecule has 0 aliphatic heterocycles. The first-order valence-electron chi connectivity index (χ1n) is 3.22. The van der Waals surface area contributed by atoms with Crippen LogP contribution in [0.3, 0.4) is 0 Å². The Balaban J connectivity index is 2.82. The number of aromatic carboxylic acids is 1. The van der Waals surface area contributed by atoms with E-state index in [2.05, 4.69) is 9.36 Å². The molecule has 2 aromatic heterocycles. The van der Waals surface area contributed by atoms with E-state index in [-0.39, 0.29) is 5.56 Å². The number of carboxylic acid groups (broad SMARTS) is 1. The summed E-state index contributed by atoms with van der Waals surface area (Å²) in [6.07, 6.45) is 3.03. The average Bonchev–Trinajstić information content (AvgIpc) is 2.49. The number of pyridine rings is 1. The summed E-state index contributed by atoms with van der Waals surface area (Å²) in [6.45, 7) is 0. The van der Waals surface area contributed by atoms with E-state index < -0.39 is 5.97 Å². The number of nitrogens with zero attached hydrogens (tertiary/aromatic N) is 2. The standard InChI is InChI=1S/C7H4N2O2S/c10-7(11)4-1-2-8-5-3-9-12-6(4)5/h1-3H,(H,10,11). The van der Waals surface area contributed by atoms with Gasteiger partial charge in [0.25, 0.3) is 0 Å². The van der Waals surface area contributed by atoms with Gasteiger partial charge in [-0.2, -0.15) is 4.37 Å². The molecule has 1 N–H and O–H groups in total. The van der Waals surface area contributed by atoms with E-state index in [1.165, 1.54) is 12.3 Å². The summed E-state index contributed by atoms with van der Waals surface area (Å²) in [5, 5.41) is 8.75. The molecule has 2 rings (SSSR count). The summed E-state index contributed by atoms with van der Waals surface area (Å²) < 4.78 is 4.49. The van der Waals surface area contributed by atoms with E-state index in [0.29, 0.717) is 10.2 Å². The lowest BCUT2D eigenvalue weighted by molar-refractivity contribution is 0.0699. The number of hydrogen-bond donors (Lipinski definition) is 1. The number of aromatic nitrogens is 2. The summed E-state index contributed by atoms with van der Waals surface area (Å²) in [5.74, 6) is -0.938. The predicted octanol–water partition coefficient (Wildman–Crippen LogP) is 1.39. The number of hydrogen-bond acceptors (Lipinski definition) is 4. The summed E-state index contributed by atoms with van der Waals surface area (Å²) in [5.41, 5.74) is 0.905. The quantitative estimate of drug-likeness (QED) is 0.720. The van der Waals surface area contributed by atoms with Crippen molar-refractivity contribution in [2.75, 3.05) is 0 Å².